The second-order valence-corrected chi connectivity index (χ2v) is 34.5. The SMILES string of the molecule is C.C.C.CC(=O)O.CC(C)=O.CCOC(=O)C(N=O)=C(C)O.CCOC(=O)CC(C)=O.CCOC(=O)c1cc(C(=O)Cc2ccc(Cl)cc2)c(C)[nH]1.CCOC(=O)c1cc(CCc2ccc(Cl)cc2)c(C)[nH]1.CCOC(=O)c1ccc(C)[nH]1.COC(CC(C)=O)OC.Cc1[nH]c(C(=O)O)cc1CCc1ccc(Cl)cc1.ClCCl.O=C(Cl)Cc1ccc(Cl)cc1.[Cl][Al]([Cl])[Cl].[Na+]. The number of benzene rings is 4. The largest absolute Gasteiger partial charge is 1.00 e. The van der Waals surface area contributed by atoms with Gasteiger partial charge in [-0.25, -0.2) is 54.1 Å². The first-order valence-corrected chi connectivity index (χ1v) is 45.9. The van der Waals surface area contributed by atoms with Gasteiger partial charge in [-0.2, -0.15) is 0 Å². The number of aromatic amines is 4. The summed E-state index contributed by atoms with van der Waals surface area (Å²) in [5.41, 5.74) is 11.5. The normalized spacial score (nSPS) is 9.52. The van der Waals surface area contributed by atoms with E-state index in [4.69, 9.17) is 155 Å². The molecular weight excluding hydrogens is 1910 g/mol. The van der Waals surface area contributed by atoms with Crippen molar-refractivity contribution in [2.24, 2.45) is 5.18 Å². The fourth-order valence-electron chi connectivity index (χ4n) is 9.02. The molecule has 712 valence electrons. The van der Waals surface area contributed by atoms with Crippen molar-refractivity contribution in [1.82, 2.24) is 19.9 Å². The number of H-pyrrole nitrogens is 4. The number of Topliss-reactive ketones (excluding diaryl/α,β-unsaturated/α-hetero) is 4. The first kappa shape index (κ1) is 137. The molecule has 0 aliphatic carbocycles. The summed E-state index contributed by atoms with van der Waals surface area (Å²) in [5.74, 6) is -4.54. The van der Waals surface area contributed by atoms with Crippen molar-refractivity contribution >= 4 is 193 Å². The third-order valence-corrected chi connectivity index (χ3v) is 15.6. The Bertz CT molecular complexity index is 4550. The number of nitrogens with zero attached hydrogens (tertiary/aromatic N) is 1. The number of ether oxygens (including phenoxy) is 7. The monoisotopic (exact) mass is 2030 g/mol. The molecule has 0 radical (unpaired) electrons. The zero-order valence-electron chi connectivity index (χ0n) is 73.4. The minimum Gasteiger partial charge on any atom is -0.510 e. The molecule has 8 rings (SSSR count). The maximum absolute atomic E-state index is 12.3. The summed E-state index contributed by atoms with van der Waals surface area (Å²) >= 11 is 36.1. The van der Waals surface area contributed by atoms with Crippen LogP contribution in [0.1, 0.15) is 220 Å². The molecule has 129 heavy (non-hydrogen) atoms. The number of esters is 5. The first-order valence-electron chi connectivity index (χ1n) is 37.7. The number of alkyl halides is 2. The average Bonchev–Trinajstić information content (AvgIpc) is 1.68. The smallest absolute Gasteiger partial charge is 0.510 e. The van der Waals surface area contributed by atoms with Crippen molar-refractivity contribution in [3.63, 3.8) is 0 Å². The van der Waals surface area contributed by atoms with Gasteiger partial charge < -0.3 is 73.2 Å². The molecule has 8 aromatic rings. The van der Waals surface area contributed by atoms with Gasteiger partial charge >= 0.3 is 76.8 Å². The second kappa shape index (κ2) is 82.1. The van der Waals surface area contributed by atoms with Crippen molar-refractivity contribution in [2.75, 3.05) is 52.6 Å². The number of nitroso groups, excluding NO2 is 1. The van der Waals surface area contributed by atoms with Crippen molar-refractivity contribution in [1.29, 1.82) is 0 Å². The van der Waals surface area contributed by atoms with Gasteiger partial charge in [0.25, 0.3) is 5.97 Å². The molecule has 0 unspecified atom stereocenters. The van der Waals surface area contributed by atoms with Gasteiger partial charge in [-0.1, -0.05) is 117 Å². The number of aliphatic hydroxyl groups is 1. The van der Waals surface area contributed by atoms with E-state index in [-0.39, 0.29) is 135 Å². The number of carboxylic acids is 2. The Kier molecular flexibility index (Phi) is 86.9. The zero-order valence-corrected chi connectivity index (χ0v) is 84.1. The summed E-state index contributed by atoms with van der Waals surface area (Å²) in [4.78, 5) is 150. The quantitative estimate of drug-likeness (QED) is 0.00205. The summed E-state index contributed by atoms with van der Waals surface area (Å²) in [7, 11) is 17.9. The van der Waals surface area contributed by atoms with Gasteiger partial charge in [0.2, 0.25) is 10.9 Å². The molecule has 0 aliphatic heterocycles. The summed E-state index contributed by atoms with van der Waals surface area (Å²) in [6.45, 7) is 25.9. The Labute approximate surface area is 831 Å². The van der Waals surface area contributed by atoms with Crippen LogP contribution in [0.2, 0.25) is 20.1 Å². The Morgan fingerprint density at radius 1 is 0.450 bits per heavy atom. The Morgan fingerprint density at radius 2 is 0.775 bits per heavy atom. The van der Waals surface area contributed by atoms with Gasteiger partial charge in [0.15, 0.2) is 12.1 Å². The van der Waals surface area contributed by atoms with Crippen LogP contribution in [0.15, 0.2) is 144 Å². The van der Waals surface area contributed by atoms with E-state index in [1.165, 1.54) is 60.0 Å². The van der Waals surface area contributed by atoms with Gasteiger partial charge in [0.1, 0.15) is 52.3 Å². The van der Waals surface area contributed by atoms with Crippen LogP contribution in [0, 0.1) is 32.6 Å². The number of ketones is 4. The van der Waals surface area contributed by atoms with Gasteiger partial charge in [-0.3, -0.25) is 28.8 Å². The van der Waals surface area contributed by atoms with E-state index in [0.717, 1.165) is 82.0 Å². The molecule has 0 saturated heterocycles. The summed E-state index contributed by atoms with van der Waals surface area (Å²) in [5, 5.41) is 29.9. The van der Waals surface area contributed by atoms with Crippen LogP contribution in [0.3, 0.4) is 0 Å². The number of carbonyl (C=O) groups excluding carboxylic acids is 10. The molecule has 4 aromatic heterocycles. The number of carboxylic acid groups (broad SMARTS) is 2. The molecule has 4 aromatic carbocycles. The van der Waals surface area contributed by atoms with E-state index in [9.17, 15) is 57.6 Å². The average molecular weight is 2030 g/mol. The zero-order chi connectivity index (χ0) is 96.4. The number of aliphatic carboxylic acids is 1. The molecule has 0 amide bonds. The fraction of sp³-hybridized carbons (Fsp3) is 0.393. The molecule has 4 heterocycles. The van der Waals surface area contributed by atoms with E-state index in [1.807, 2.05) is 93.6 Å². The third-order valence-electron chi connectivity index (χ3n) is 14.4. The Balaban J connectivity index is -0.000000214. The number of rotatable bonds is 28. The number of halogens is 10. The van der Waals surface area contributed by atoms with Crippen molar-refractivity contribution < 1.29 is 136 Å². The number of nitrogens with one attached hydrogen (secondary N) is 4. The number of hydrogen-bond acceptors (Lipinski definition) is 22. The Hall–Kier alpha value is -7.87. The minimum absolute atomic E-state index is 0. The van der Waals surface area contributed by atoms with Gasteiger partial charge in [-0.05, 0) is 252 Å². The Morgan fingerprint density at radius 3 is 1.06 bits per heavy atom. The maximum Gasteiger partial charge on any atom is 1.00 e. The van der Waals surface area contributed by atoms with Crippen LogP contribution < -0.4 is 29.6 Å². The number of carbonyl (C=O) groups is 12. The summed E-state index contributed by atoms with van der Waals surface area (Å²) < 4.78 is 33.1. The summed E-state index contributed by atoms with van der Waals surface area (Å²) in [6.07, 6.45) is 3.85. The van der Waals surface area contributed by atoms with Crippen LogP contribution in [0.4, 0.5) is 0 Å². The number of aromatic carboxylic acids is 1. The van der Waals surface area contributed by atoms with E-state index in [1.54, 1.807) is 96.1 Å². The van der Waals surface area contributed by atoms with Crippen LogP contribution in [0.5, 0.6) is 0 Å². The van der Waals surface area contributed by atoms with E-state index < -0.39 is 52.7 Å². The molecular formula is C89H120AlCl10N5NaO23+. The van der Waals surface area contributed by atoms with Gasteiger partial charge in [0, 0.05) is 82.4 Å². The van der Waals surface area contributed by atoms with Crippen LogP contribution in [-0.2, 0) is 105 Å². The molecule has 0 aliphatic rings. The molecule has 40 heteroatoms. The molecule has 28 nitrogen and oxygen atoms in total. The maximum atomic E-state index is 12.3. The van der Waals surface area contributed by atoms with Gasteiger partial charge in [0.05, 0.1) is 44.8 Å². The van der Waals surface area contributed by atoms with Crippen molar-refractivity contribution in [2.45, 2.75) is 184 Å². The number of aromatic nitrogens is 4. The third kappa shape index (κ3) is 72.4. The molecule has 0 fully saturated rings. The number of hydrogen-bond donors (Lipinski definition) is 7. The number of aliphatic hydroxyl groups excluding tert-OH is 1. The van der Waals surface area contributed by atoms with Crippen molar-refractivity contribution in [3.8, 4) is 0 Å². The van der Waals surface area contributed by atoms with Gasteiger partial charge in [-0.15, -0.1) is 28.1 Å². The summed E-state index contributed by atoms with van der Waals surface area (Å²) in [6, 6.07) is 38.4. The molecule has 0 saturated carbocycles. The van der Waals surface area contributed by atoms with Crippen molar-refractivity contribution in [3.05, 3.63) is 248 Å². The first-order chi connectivity index (χ1) is 58.7. The van der Waals surface area contributed by atoms with E-state index in [0.29, 0.717) is 71.2 Å². The fourth-order valence-corrected chi connectivity index (χ4v) is 9.68. The number of methoxy groups -OCH3 is 2. The topological polar surface area (TPSA) is 423 Å². The number of aryl methyl sites for hydroxylation is 8. The number of allylic oxidation sites excluding steroid dienone is 1. The van der Waals surface area contributed by atoms with Crippen LogP contribution in [-0.4, -0.2) is 176 Å². The predicted molar refractivity (Wildman–Crippen MR) is 513 cm³/mol. The second-order valence-electron chi connectivity index (χ2n) is 25.1. The molecule has 0 atom stereocenters. The molecule has 7 N–H and O–H groups in total. The molecule has 0 spiro atoms. The van der Waals surface area contributed by atoms with E-state index >= 15 is 0 Å². The van der Waals surface area contributed by atoms with E-state index in [2.05, 4.69) is 34.6 Å². The standard InChI is InChI=1S/C16H16ClNO3.C16H18ClNO2.C14H14ClNO2.C8H6Cl2O.C8H11NO2.C6H9NO4.C6H12O3.C6H10O3.C3H6O.C2H4O2.CH2Cl2.3CH4.Al.3ClH.Na/c1-3-21-16(20)14-9-13(10(2)18-14)15(19)8-11-4-6-12(17)7-5-11;1-3-20-16(19)15-10-13(11(2)18-15)7-4-12-5-8-14(17)9-6-12;1-9-11(8-13(16-9)14(17)18)5-2-10-3-6-12(15)7-4-10;9-7-3-1-6(2-4-7)5-8(10)11;1-3-11-8(10)7-5-4-6(2)9-7;1-3-11-6(9)5(7-10)4(2)8;1-5(7)4-6(8-2)9-3;1-3-9-6(8)4-5(2)7;1-3(2)4;1-2(3)4;2-1-3;;;;;;;;/h4-7,9,18H,3,8H2,1-2H3;5-6,8-10,18H,3-4,7H2,1-2H3;3-4,6-8,16H,2,5H2,1H3,(H,17,18);1-4H,5H2;4-5,9H,3H2,1-2H3;8H,3H2,1-2H3;6H,4H2,1-3H3;3-4H2,1-2H3;1-2H3;1H3,(H,3,4);1H2;3*1H4;;3*1H;/q;;;;;;;;;;;;;;+3;;;;+1/p-3. The van der Waals surface area contributed by atoms with Crippen LogP contribution >= 0.6 is 111 Å². The molecule has 0 bridgehead atoms. The van der Waals surface area contributed by atoms with Crippen LogP contribution in [0.25, 0.3) is 0 Å². The predicted octanol–water partition coefficient (Wildman–Crippen LogP) is 20.1. The minimum atomic E-state index is -1.72.